The van der Waals surface area contributed by atoms with Gasteiger partial charge in [0.15, 0.2) is 0 Å². The molecule has 8 heteroatoms. The molecule has 1 saturated heterocycles. The van der Waals surface area contributed by atoms with Crippen molar-refractivity contribution in [1.82, 2.24) is 9.88 Å². The molecule has 0 bridgehead atoms. The van der Waals surface area contributed by atoms with Crippen LogP contribution in [-0.2, 0) is 16.0 Å². The topological polar surface area (TPSA) is 85.5 Å². The third-order valence-electron chi connectivity index (χ3n) is 4.08. The zero-order chi connectivity index (χ0) is 17.8. The van der Waals surface area contributed by atoms with E-state index in [9.17, 15) is 9.59 Å². The van der Waals surface area contributed by atoms with Gasteiger partial charge in [-0.1, -0.05) is 29.8 Å². The van der Waals surface area contributed by atoms with E-state index in [4.69, 9.17) is 22.1 Å². The first-order chi connectivity index (χ1) is 12.0. The highest BCUT2D eigenvalue weighted by Gasteiger charge is 2.28. The standard InChI is InChI=1S/C17H18ClN3O3S/c18-14-6-2-1-5-13(14)16-20-11(10-25-16)8-15(22)24-9-12-4-3-7-21(12)17(19)23/h1-2,5-6,10,12H,3-4,7-9H2,(H2,19,23)/t12-/m0/s1. The van der Waals surface area contributed by atoms with Gasteiger partial charge in [-0.05, 0) is 18.9 Å². The number of carbonyl (C=O) groups excluding carboxylic acids is 2. The van der Waals surface area contributed by atoms with Crippen LogP contribution in [0.2, 0.25) is 5.02 Å². The summed E-state index contributed by atoms with van der Waals surface area (Å²) < 4.78 is 5.30. The lowest BCUT2D eigenvalue weighted by molar-refractivity contribution is -0.144. The molecular weight excluding hydrogens is 362 g/mol. The molecule has 1 atom stereocenters. The number of aromatic nitrogens is 1. The van der Waals surface area contributed by atoms with Crippen molar-refractivity contribution in [2.24, 2.45) is 5.73 Å². The highest BCUT2D eigenvalue weighted by atomic mass is 35.5. The number of hydrogen-bond donors (Lipinski definition) is 1. The second-order valence-corrected chi connectivity index (χ2v) is 7.08. The molecule has 1 fully saturated rings. The molecule has 2 amide bonds. The third-order valence-corrected chi connectivity index (χ3v) is 5.33. The Hall–Kier alpha value is -2.12. The fraction of sp³-hybridized carbons (Fsp3) is 0.353. The Balaban J connectivity index is 1.55. The third kappa shape index (κ3) is 4.29. The van der Waals surface area contributed by atoms with E-state index in [2.05, 4.69) is 4.98 Å². The number of rotatable bonds is 5. The lowest BCUT2D eigenvalue weighted by Gasteiger charge is -2.22. The maximum absolute atomic E-state index is 12.0. The molecule has 2 N–H and O–H groups in total. The lowest BCUT2D eigenvalue weighted by Crippen LogP contribution is -2.42. The summed E-state index contributed by atoms with van der Waals surface area (Å²) >= 11 is 7.60. The summed E-state index contributed by atoms with van der Waals surface area (Å²) in [6, 6.07) is 6.84. The van der Waals surface area contributed by atoms with Gasteiger partial charge in [0.2, 0.25) is 0 Å². The molecule has 132 valence electrons. The van der Waals surface area contributed by atoms with Crippen molar-refractivity contribution >= 4 is 34.9 Å². The minimum absolute atomic E-state index is 0.0875. The molecule has 6 nitrogen and oxygen atoms in total. The molecular formula is C17H18ClN3O3S. The molecule has 0 spiro atoms. The highest BCUT2D eigenvalue weighted by Crippen LogP contribution is 2.30. The van der Waals surface area contributed by atoms with E-state index < -0.39 is 6.03 Å². The van der Waals surface area contributed by atoms with Gasteiger partial charge in [-0.3, -0.25) is 4.79 Å². The number of halogens is 1. The molecule has 25 heavy (non-hydrogen) atoms. The molecule has 3 rings (SSSR count). The molecule has 0 saturated carbocycles. The van der Waals surface area contributed by atoms with Crippen LogP contribution in [0.1, 0.15) is 18.5 Å². The largest absolute Gasteiger partial charge is 0.463 e. The summed E-state index contributed by atoms with van der Waals surface area (Å²) in [4.78, 5) is 29.3. The quantitative estimate of drug-likeness (QED) is 0.809. The van der Waals surface area contributed by atoms with Crippen molar-refractivity contribution in [2.45, 2.75) is 25.3 Å². The molecule has 0 unspecified atom stereocenters. The second-order valence-electron chi connectivity index (χ2n) is 5.81. The van der Waals surface area contributed by atoms with Crippen molar-refractivity contribution in [3.63, 3.8) is 0 Å². The normalized spacial score (nSPS) is 16.8. The minimum Gasteiger partial charge on any atom is -0.463 e. The van der Waals surface area contributed by atoms with Crippen molar-refractivity contribution in [3.8, 4) is 10.6 Å². The van der Waals surface area contributed by atoms with Crippen LogP contribution < -0.4 is 5.73 Å². The second kappa shape index (κ2) is 7.84. The first kappa shape index (κ1) is 17.7. The van der Waals surface area contributed by atoms with Gasteiger partial charge in [-0.25, -0.2) is 9.78 Å². The van der Waals surface area contributed by atoms with Gasteiger partial charge < -0.3 is 15.4 Å². The number of likely N-dealkylation sites (tertiary alicyclic amines) is 1. The molecule has 0 aliphatic carbocycles. The van der Waals surface area contributed by atoms with Crippen molar-refractivity contribution in [1.29, 1.82) is 0 Å². The number of benzene rings is 1. The Morgan fingerprint density at radius 3 is 2.96 bits per heavy atom. The summed E-state index contributed by atoms with van der Waals surface area (Å²) in [5, 5.41) is 3.22. The fourth-order valence-corrected chi connectivity index (χ4v) is 3.97. The van der Waals surface area contributed by atoms with Crippen molar-refractivity contribution in [3.05, 3.63) is 40.4 Å². The number of amides is 2. The maximum Gasteiger partial charge on any atom is 0.315 e. The van der Waals surface area contributed by atoms with Crippen molar-refractivity contribution < 1.29 is 14.3 Å². The van der Waals surface area contributed by atoms with E-state index in [1.54, 1.807) is 11.0 Å². The molecule has 1 aromatic carbocycles. The van der Waals surface area contributed by atoms with Gasteiger partial charge >= 0.3 is 12.0 Å². The number of primary amides is 1. The molecule has 2 aromatic rings. The summed E-state index contributed by atoms with van der Waals surface area (Å²) in [5.74, 6) is -0.368. The van der Waals surface area contributed by atoms with Gasteiger partial charge in [0, 0.05) is 17.5 Å². The molecule has 1 aliphatic rings. The minimum atomic E-state index is -0.470. The van der Waals surface area contributed by atoms with Gasteiger partial charge in [0.05, 0.1) is 23.2 Å². The van der Waals surface area contributed by atoms with Gasteiger partial charge in [-0.15, -0.1) is 11.3 Å². The Morgan fingerprint density at radius 2 is 2.20 bits per heavy atom. The number of nitrogens with zero attached hydrogens (tertiary/aromatic N) is 2. The Morgan fingerprint density at radius 1 is 1.40 bits per heavy atom. The van der Waals surface area contributed by atoms with E-state index in [1.807, 2.05) is 23.6 Å². The van der Waals surface area contributed by atoms with E-state index >= 15 is 0 Å². The highest BCUT2D eigenvalue weighted by molar-refractivity contribution is 7.13. The van der Waals surface area contributed by atoms with E-state index in [1.165, 1.54) is 11.3 Å². The SMILES string of the molecule is NC(=O)N1CCC[C@H]1COC(=O)Cc1csc(-c2ccccc2Cl)n1. The number of hydrogen-bond acceptors (Lipinski definition) is 5. The van der Waals surface area contributed by atoms with Crippen LogP contribution in [0.5, 0.6) is 0 Å². The predicted molar refractivity (Wildman–Crippen MR) is 96.5 cm³/mol. The van der Waals surface area contributed by atoms with Gasteiger partial charge in [-0.2, -0.15) is 0 Å². The predicted octanol–water partition coefficient (Wildman–Crippen LogP) is 3.09. The molecule has 1 aromatic heterocycles. The Labute approximate surface area is 154 Å². The van der Waals surface area contributed by atoms with Crippen LogP contribution in [0.4, 0.5) is 4.79 Å². The summed E-state index contributed by atoms with van der Waals surface area (Å²) in [5.41, 5.74) is 6.80. The summed E-state index contributed by atoms with van der Waals surface area (Å²) in [6.45, 7) is 0.786. The van der Waals surface area contributed by atoms with Crippen LogP contribution in [-0.4, -0.2) is 41.1 Å². The maximum atomic E-state index is 12.0. The van der Waals surface area contributed by atoms with Crippen LogP contribution >= 0.6 is 22.9 Å². The molecule has 0 radical (unpaired) electrons. The van der Waals surface area contributed by atoms with Crippen LogP contribution in [0.25, 0.3) is 10.6 Å². The van der Waals surface area contributed by atoms with E-state index in [0.29, 0.717) is 17.3 Å². The van der Waals surface area contributed by atoms with Crippen LogP contribution in [0, 0.1) is 0 Å². The first-order valence-corrected chi connectivity index (χ1v) is 9.21. The fourth-order valence-electron chi connectivity index (χ4n) is 2.83. The first-order valence-electron chi connectivity index (χ1n) is 7.95. The number of esters is 1. The number of thiazole rings is 1. The van der Waals surface area contributed by atoms with Crippen LogP contribution in [0.3, 0.4) is 0 Å². The zero-order valence-electron chi connectivity index (χ0n) is 13.5. The average molecular weight is 380 g/mol. The van der Waals surface area contributed by atoms with E-state index in [-0.39, 0.29) is 25.0 Å². The monoisotopic (exact) mass is 379 g/mol. The van der Waals surface area contributed by atoms with Gasteiger partial charge in [0.25, 0.3) is 0 Å². The number of ether oxygens (including phenoxy) is 1. The number of nitrogens with two attached hydrogens (primary N) is 1. The average Bonchev–Trinajstić information content (AvgIpc) is 3.22. The van der Waals surface area contributed by atoms with Crippen LogP contribution in [0.15, 0.2) is 29.6 Å². The number of carbonyl (C=O) groups is 2. The zero-order valence-corrected chi connectivity index (χ0v) is 15.1. The molecule has 2 heterocycles. The Bertz CT molecular complexity index is 780. The number of urea groups is 1. The lowest BCUT2D eigenvalue weighted by atomic mass is 10.2. The van der Waals surface area contributed by atoms with Crippen molar-refractivity contribution in [2.75, 3.05) is 13.2 Å². The van der Waals surface area contributed by atoms with E-state index in [0.717, 1.165) is 23.4 Å². The smallest absolute Gasteiger partial charge is 0.315 e. The molecule has 1 aliphatic heterocycles. The van der Waals surface area contributed by atoms with Gasteiger partial charge in [0.1, 0.15) is 11.6 Å². The summed E-state index contributed by atoms with van der Waals surface area (Å²) in [6.07, 6.45) is 1.76. The summed E-state index contributed by atoms with van der Waals surface area (Å²) in [7, 11) is 0. The Kier molecular flexibility index (Phi) is 5.55.